The summed E-state index contributed by atoms with van der Waals surface area (Å²) >= 11 is 0. The van der Waals surface area contributed by atoms with Gasteiger partial charge in [-0.15, -0.1) is 0 Å². The van der Waals surface area contributed by atoms with Crippen LogP contribution in [-0.4, -0.2) is 20.2 Å². The molecule has 3 nitrogen and oxygen atoms in total. The molecule has 4 heteroatoms. The van der Waals surface area contributed by atoms with Crippen molar-refractivity contribution < 1.29 is 8.42 Å². The Morgan fingerprint density at radius 3 is 2.24 bits per heavy atom. The van der Waals surface area contributed by atoms with Gasteiger partial charge in [-0.05, 0) is 35.6 Å². The van der Waals surface area contributed by atoms with E-state index in [1.165, 1.54) is 11.1 Å². The number of rotatable bonds is 2. The van der Waals surface area contributed by atoms with Crippen molar-refractivity contribution in [3.63, 3.8) is 0 Å². The third-order valence-electron chi connectivity index (χ3n) is 4.50. The molecule has 1 aliphatic heterocycles. The Morgan fingerprint density at radius 2 is 1.52 bits per heavy atom. The van der Waals surface area contributed by atoms with Crippen molar-refractivity contribution in [3.05, 3.63) is 65.2 Å². The Labute approximate surface area is 124 Å². The number of nitrogens with one attached hydrogen (secondary N) is 1. The summed E-state index contributed by atoms with van der Waals surface area (Å²) in [4.78, 5) is 0.498. The molecule has 1 atom stereocenters. The second kappa shape index (κ2) is 4.68. The summed E-state index contributed by atoms with van der Waals surface area (Å²) in [6.45, 7) is 0. The van der Waals surface area contributed by atoms with Crippen LogP contribution in [0.2, 0.25) is 0 Å². The van der Waals surface area contributed by atoms with Gasteiger partial charge in [-0.3, -0.25) is 0 Å². The van der Waals surface area contributed by atoms with Crippen LogP contribution in [0, 0.1) is 0 Å². The number of hydrogen-bond donors (Lipinski definition) is 1. The first-order valence-electron chi connectivity index (χ1n) is 7.28. The lowest BCUT2D eigenvalue weighted by Gasteiger charge is -2.18. The molecule has 0 fully saturated rings. The summed E-state index contributed by atoms with van der Waals surface area (Å²) in [6, 6.07) is 16.1. The van der Waals surface area contributed by atoms with Crippen LogP contribution in [0.25, 0.3) is 0 Å². The molecule has 108 valence electrons. The molecule has 2 aromatic carbocycles. The molecule has 2 aromatic rings. The second-order valence-corrected chi connectivity index (χ2v) is 7.92. The van der Waals surface area contributed by atoms with Crippen LogP contribution in [-0.2, 0) is 22.7 Å². The fourth-order valence-electron chi connectivity index (χ4n) is 3.55. The molecule has 1 N–H and O–H groups in total. The topological polar surface area (TPSA) is 46.2 Å². The van der Waals surface area contributed by atoms with Gasteiger partial charge in [-0.1, -0.05) is 42.5 Å². The van der Waals surface area contributed by atoms with Crippen molar-refractivity contribution in [2.24, 2.45) is 0 Å². The van der Waals surface area contributed by atoms with Crippen LogP contribution < -0.4 is 5.32 Å². The van der Waals surface area contributed by atoms with Gasteiger partial charge in [0.15, 0.2) is 9.84 Å². The maximum atomic E-state index is 12.2. The smallest absolute Gasteiger partial charge is 0.180 e. The lowest BCUT2D eigenvalue weighted by atomic mass is 10.1. The highest BCUT2D eigenvalue weighted by Crippen LogP contribution is 2.34. The van der Waals surface area contributed by atoms with Crippen LogP contribution in [0.15, 0.2) is 53.4 Å². The minimum Gasteiger partial charge on any atom is -0.306 e. The van der Waals surface area contributed by atoms with Crippen LogP contribution in [0.5, 0.6) is 0 Å². The summed E-state index contributed by atoms with van der Waals surface area (Å²) in [6.07, 6.45) is 1.96. The average Bonchev–Trinajstić information content (AvgIpc) is 2.98. The van der Waals surface area contributed by atoms with Crippen LogP contribution in [0.4, 0.5) is 0 Å². The lowest BCUT2D eigenvalue weighted by Crippen LogP contribution is -2.34. The largest absolute Gasteiger partial charge is 0.306 e. The Hall–Kier alpha value is -1.65. The summed E-state index contributed by atoms with van der Waals surface area (Å²) in [5.41, 5.74) is 3.68. The summed E-state index contributed by atoms with van der Waals surface area (Å²) in [7, 11) is -3.13. The van der Waals surface area contributed by atoms with Crippen LogP contribution >= 0.6 is 0 Å². The normalized spacial score (nSPS) is 23.0. The molecule has 1 aliphatic carbocycles. The van der Waals surface area contributed by atoms with E-state index in [1.807, 2.05) is 12.1 Å². The molecule has 0 saturated heterocycles. The maximum Gasteiger partial charge on any atom is 0.180 e. The molecule has 1 unspecified atom stereocenters. The highest BCUT2D eigenvalue weighted by Gasteiger charge is 2.36. The lowest BCUT2D eigenvalue weighted by molar-refractivity contribution is 0.470. The van der Waals surface area contributed by atoms with E-state index in [9.17, 15) is 8.42 Å². The molecular weight excluding hydrogens is 282 g/mol. The molecule has 1 heterocycles. The maximum absolute atomic E-state index is 12.2. The second-order valence-electron chi connectivity index (χ2n) is 5.91. The minimum absolute atomic E-state index is 0.0782. The monoisotopic (exact) mass is 299 g/mol. The zero-order chi connectivity index (χ0) is 14.4. The Bertz CT molecular complexity index is 773. The van der Waals surface area contributed by atoms with Gasteiger partial charge >= 0.3 is 0 Å². The van der Waals surface area contributed by atoms with Gasteiger partial charge in [0, 0.05) is 12.1 Å². The SMILES string of the molecule is O=S1(=O)CC(NC2Cc3ccccc3C2)c2ccccc21. The summed E-state index contributed by atoms with van der Waals surface area (Å²) in [5.74, 6) is 0.180. The minimum atomic E-state index is -3.13. The molecule has 4 rings (SSSR count). The predicted octanol–water partition coefficient (Wildman–Crippen LogP) is 2.27. The van der Waals surface area contributed by atoms with Crippen molar-refractivity contribution in [3.8, 4) is 0 Å². The summed E-state index contributed by atoms with van der Waals surface area (Å²) < 4.78 is 24.4. The first-order valence-corrected chi connectivity index (χ1v) is 8.93. The van der Waals surface area contributed by atoms with Gasteiger partial charge in [-0.25, -0.2) is 8.42 Å². The van der Waals surface area contributed by atoms with Crippen molar-refractivity contribution >= 4 is 9.84 Å². The Kier molecular flexibility index (Phi) is 2.91. The third-order valence-corrected chi connectivity index (χ3v) is 6.32. The van der Waals surface area contributed by atoms with E-state index in [4.69, 9.17) is 0 Å². The first kappa shape index (κ1) is 13.0. The van der Waals surface area contributed by atoms with E-state index in [2.05, 4.69) is 29.6 Å². The van der Waals surface area contributed by atoms with E-state index in [-0.39, 0.29) is 11.8 Å². The molecule has 0 bridgehead atoms. The van der Waals surface area contributed by atoms with Crippen LogP contribution in [0.1, 0.15) is 22.7 Å². The van der Waals surface area contributed by atoms with E-state index >= 15 is 0 Å². The highest BCUT2D eigenvalue weighted by atomic mass is 32.2. The molecule has 2 aliphatic rings. The fourth-order valence-corrected chi connectivity index (χ4v) is 5.30. The van der Waals surface area contributed by atoms with Gasteiger partial charge in [-0.2, -0.15) is 0 Å². The first-order chi connectivity index (χ1) is 10.1. The van der Waals surface area contributed by atoms with E-state index in [1.54, 1.807) is 12.1 Å². The molecule has 0 spiro atoms. The number of fused-ring (bicyclic) bond motifs is 2. The van der Waals surface area contributed by atoms with Gasteiger partial charge in [0.25, 0.3) is 0 Å². The summed E-state index contributed by atoms with van der Waals surface area (Å²) in [5, 5.41) is 3.56. The highest BCUT2D eigenvalue weighted by molar-refractivity contribution is 7.91. The fraction of sp³-hybridized carbons (Fsp3) is 0.294. The zero-order valence-corrected chi connectivity index (χ0v) is 12.4. The van der Waals surface area contributed by atoms with Gasteiger partial charge in [0.1, 0.15) is 0 Å². The molecular formula is C17H17NO2S. The predicted molar refractivity (Wildman–Crippen MR) is 82.0 cm³/mol. The molecule has 0 aromatic heterocycles. The van der Waals surface area contributed by atoms with Crippen molar-refractivity contribution in [2.75, 3.05) is 5.75 Å². The van der Waals surface area contributed by atoms with E-state index < -0.39 is 9.84 Å². The van der Waals surface area contributed by atoms with Gasteiger partial charge in [0.2, 0.25) is 0 Å². The number of benzene rings is 2. The number of hydrogen-bond acceptors (Lipinski definition) is 3. The molecule has 21 heavy (non-hydrogen) atoms. The molecule has 0 amide bonds. The van der Waals surface area contributed by atoms with Gasteiger partial charge in [0.05, 0.1) is 10.6 Å². The zero-order valence-electron chi connectivity index (χ0n) is 11.6. The quantitative estimate of drug-likeness (QED) is 0.925. The van der Waals surface area contributed by atoms with Crippen molar-refractivity contribution in [1.82, 2.24) is 5.32 Å². The third kappa shape index (κ3) is 2.19. The van der Waals surface area contributed by atoms with Crippen molar-refractivity contribution in [1.29, 1.82) is 0 Å². The van der Waals surface area contributed by atoms with Crippen molar-refractivity contribution in [2.45, 2.75) is 29.8 Å². The van der Waals surface area contributed by atoms with E-state index in [0.717, 1.165) is 18.4 Å². The average molecular weight is 299 g/mol. The van der Waals surface area contributed by atoms with Gasteiger partial charge < -0.3 is 5.32 Å². The molecule has 0 radical (unpaired) electrons. The number of sulfone groups is 1. The van der Waals surface area contributed by atoms with Crippen LogP contribution in [0.3, 0.4) is 0 Å². The molecule has 0 saturated carbocycles. The van der Waals surface area contributed by atoms with E-state index in [0.29, 0.717) is 10.9 Å². The Morgan fingerprint density at radius 1 is 0.905 bits per heavy atom. The Balaban J connectivity index is 1.58. The standard InChI is InChI=1S/C17H17NO2S/c19-21(20)11-16(15-7-3-4-8-17(15)21)18-14-9-12-5-1-2-6-13(12)10-14/h1-8,14,16,18H,9-11H2.